The molecule has 2 aliphatic rings. The Balaban J connectivity index is 1.28. The van der Waals surface area contributed by atoms with E-state index in [1.165, 1.54) is 10.4 Å². The Morgan fingerprint density at radius 3 is 3.03 bits per heavy atom. The molecule has 0 spiro atoms. The highest BCUT2D eigenvalue weighted by atomic mass is 32.1. The number of rotatable bonds is 7. The van der Waals surface area contributed by atoms with Crippen LogP contribution in [-0.4, -0.2) is 42.6 Å². The molecule has 1 saturated heterocycles. The second-order valence-corrected chi connectivity index (χ2v) is 8.93. The van der Waals surface area contributed by atoms with Gasteiger partial charge in [0.15, 0.2) is 0 Å². The fraction of sp³-hybridized carbons (Fsp3) is 0.478. The molecule has 1 atom stereocenters. The van der Waals surface area contributed by atoms with Crippen molar-refractivity contribution in [2.75, 3.05) is 25.1 Å². The van der Waals surface area contributed by atoms with Gasteiger partial charge in [-0.25, -0.2) is 0 Å². The van der Waals surface area contributed by atoms with Crippen LogP contribution in [0.15, 0.2) is 29.6 Å². The lowest BCUT2D eigenvalue weighted by molar-refractivity contribution is -0.133. The van der Waals surface area contributed by atoms with Gasteiger partial charge in [0.25, 0.3) is 0 Å². The highest BCUT2D eigenvalue weighted by Crippen LogP contribution is 2.28. The Morgan fingerprint density at radius 1 is 1.30 bits per heavy atom. The molecular weight excluding hydrogens is 400 g/mol. The van der Waals surface area contributed by atoms with E-state index >= 15 is 0 Å². The number of thiophene rings is 1. The van der Waals surface area contributed by atoms with Gasteiger partial charge in [0.1, 0.15) is 12.4 Å². The summed E-state index contributed by atoms with van der Waals surface area (Å²) < 4.78 is 11.5. The minimum absolute atomic E-state index is 0.0285. The Hall–Kier alpha value is -2.38. The highest BCUT2D eigenvalue weighted by Gasteiger charge is 2.22. The summed E-state index contributed by atoms with van der Waals surface area (Å²) in [5.74, 6) is 0.495. The zero-order chi connectivity index (χ0) is 20.9. The van der Waals surface area contributed by atoms with Gasteiger partial charge in [0.05, 0.1) is 11.8 Å². The van der Waals surface area contributed by atoms with Gasteiger partial charge in [0.2, 0.25) is 11.8 Å². The Morgan fingerprint density at radius 2 is 2.20 bits per heavy atom. The molecule has 7 heteroatoms. The van der Waals surface area contributed by atoms with Crippen LogP contribution in [0.3, 0.4) is 0 Å². The molecule has 2 aromatic rings. The Labute approximate surface area is 181 Å². The lowest BCUT2D eigenvalue weighted by Crippen LogP contribution is -2.35. The lowest BCUT2D eigenvalue weighted by atomic mass is 10.1. The number of ether oxygens (including phenoxy) is 2. The number of benzene rings is 1. The molecule has 2 aliphatic heterocycles. The normalized spacial score (nSPS) is 18.2. The lowest BCUT2D eigenvalue weighted by Gasteiger charge is -2.27. The summed E-state index contributed by atoms with van der Waals surface area (Å²) in [4.78, 5) is 28.3. The highest BCUT2D eigenvalue weighted by molar-refractivity contribution is 7.10. The molecule has 30 heavy (non-hydrogen) atoms. The van der Waals surface area contributed by atoms with Gasteiger partial charge in [-0.3, -0.25) is 9.59 Å². The molecule has 1 unspecified atom stereocenters. The largest absolute Gasteiger partial charge is 0.489 e. The van der Waals surface area contributed by atoms with Crippen molar-refractivity contribution >= 4 is 28.8 Å². The van der Waals surface area contributed by atoms with Crippen LogP contribution in [0, 0.1) is 6.92 Å². The maximum absolute atomic E-state index is 12.6. The van der Waals surface area contributed by atoms with Crippen LogP contribution in [0.1, 0.15) is 41.7 Å². The molecule has 6 nitrogen and oxygen atoms in total. The number of hydrogen-bond acceptors (Lipinski definition) is 5. The van der Waals surface area contributed by atoms with E-state index < -0.39 is 0 Å². The zero-order valence-corrected chi connectivity index (χ0v) is 18.1. The Bertz CT molecular complexity index is 904. The quantitative estimate of drug-likeness (QED) is 0.726. The molecule has 1 aromatic carbocycles. The van der Waals surface area contributed by atoms with Crippen molar-refractivity contribution in [1.29, 1.82) is 0 Å². The molecular formula is C23H28N2O4S. The number of hydrogen-bond donors (Lipinski definition) is 1. The first kappa shape index (κ1) is 20.9. The molecule has 0 radical (unpaired) electrons. The number of carbonyl (C=O) groups excluding carboxylic acids is 2. The first-order chi connectivity index (χ1) is 14.6. The van der Waals surface area contributed by atoms with E-state index in [4.69, 9.17) is 9.47 Å². The smallest absolute Gasteiger partial charge is 0.224 e. The average molecular weight is 429 g/mol. The Kier molecular flexibility index (Phi) is 6.69. The topological polar surface area (TPSA) is 67.9 Å². The summed E-state index contributed by atoms with van der Waals surface area (Å²) in [7, 11) is 0. The van der Waals surface area contributed by atoms with E-state index in [0.717, 1.165) is 38.0 Å². The van der Waals surface area contributed by atoms with E-state index in [1.807, 2.05) is 30.0 Å². The summed E-state index contributed by atoms with van der Waals surface area (Å²) in [5, 5.41) is 4.98. The monoisotopic (exact) mass is 428 g/mol. The standard InChI is InChI=1S/C23H28N2O4S/c1-16-4-5-19(20(13-16)29-15-18-3-2-11-28-18)24-22(26)6-7-23(27)25-10-8-21-17(14-25)9-12-30-21/h4-5,9,12-13,18H,2-3,6-8,10-11,14-15H2,1H3,(H,24,26). The van der Waals surface area contributed by atoms with Crippen molar-refractivity contribution in [3.8, 4) is 5.75 Å². The third kappa shape index (κ3) is 5.21. The molecule has 160 valence electrons. The van der Waals surface area contributed by atoms with E-state index in [2.05, 4.69) is 16.8 Å². The summed E-state index contributed by atoms with van der Waals surface area (Å²) in [5.41, 5.74) is 2.93. The number of nitrogens with one attached hydrogen (secondary N) is 1. The first-order valence-electron chi connectivity index (χ1n) is 10.6. The molecule has 4 rings (SSSR count). The maximum atomic E-state index is 12.6. The number of carbonyl (C=O) groups is 2. The summed E-state index contributed by atoms with van der Waals surface area (Å²) in [6.45, 7) is 4.63. The van der Waals surface area contributed by atoms with Gasteiger partial charge in [-0.2, -0.15) is 0 Å². The predicted molar refractivity (Wildman–Crippen MR) is 117 cm³/mol. The van der Waals surface area contributed by atoms with Crippen molar-refractivity contribution < 1.29 is 19.1 Å². The number of nitrogens with zero attached hydrogens (tertiary/aromatic N) is 1. The van der Waals surface area contributed by atoms with Gasteiger partial charge in [0, 0.05) is 37.4 Å². The van der Waals surface area contributed by atoms with Crippen LogP contribution >= 0.6 is 11.3 Å². The van der Waals surface area contributed by atoms with Crippen molar-refractivity contribution in [2.24, 2.45) is 0 Å². The van der Waals surface area contributed by atoms with Crippen LogP contribution in [0.4, 0.5) is 5.69 Å². The number of aryl methyl sites for hydroxylation is 1. The second kappa shape index (κ2) is 9.62. The van der Waals surface area contributed by atoms with E-state index in [1.54, 1.807) is 11.3 Å². The molecule has 0 bridgehead atoms. The average Bonchev–Trinajstić information content (AvgIpc) is 3.43. The van der Waals surface area contributed by atoms with E-state index in [-0.39, 0.29) is 30.8 Å². The second-order valence-electron chi connectivity index (χ2n) is 7.93. The molecule has 1 N–H and O–H groups in total. The number of amides is 2. The summed E-state index contributed by atoms with van der Waals surface area (Å²) >= 11 is 1.75. The van der Waals surface area contributed by atoms with Crippen molar-refractivity contribution in [3.05, 3.63) is 45.6 Å². The molecule has 1 aromatic heterocycles. The van der Waals surface area contributed by atoms with Gasteiger partial charge < -0.3 is 19.7 Å². The zero-order valence-electron chi connectivity index (χ0n) is 17.3. The van der Waals surface area contributed by atoms with Gasteiger partial charge >= 0.3 is 0 Å². The van der Waals surface area contributed by atoms with Crippen molar-refractivity contribution in [2.45, 2.75) is 51.7 Å². The van der Waals surface area contributed by atoms with Crippen LogP contribution in [-0.2, 0) is 27.3 Å². The van der Waals surface area contributed by atoms with Crippen LogP contribution in [0.2, 0.25) is 0 Å². The van der Waals surface area contributed by atoms with Crippen LogP contribution < -0.4 is 10.1 Å². The molecule has 3 heterocycles. The molecule has 0 saturated carbocycles. The molecule has 0 aliphatic carbocycles. The van der Waals surface area contributed by atoms with Gasteiger partial charge in [-0.05, 0) is 60.9 Å². The number of anilines is 1. The van der Waals surface area contributed by atoms with E-state index in [9.17, 15) is 9.59 Å². The third-order valence-electron chi connectivity index (χ3n) is 5.59. The summed E-state index contributed by atoms with van der Waals surface area (Å²) in [6.07, 6.45) is 3.44. The molecule has 1 fully saturated rings. The van der Waals surface area contributed by atoms with Gasteiger partial charge in [-0.1, -0.05) is 6.07 Å². The first-order valence-corrected chi connectivity index (χ1v) is 11.4. The molecule has 2 amide bonds. The van der Waals surface area contributed by atoms with Gasteiger partial charge in [-0.15, -0.1) is 11.3 Å². The number of fused-ring (bicyclic) bond motifs is 1. The predicted octanol–water partition coefficient (Wildman–Crippen LogP) is 3.92. The third-order valence-corrected chi connectivity index (χ3v) is 6.61. The minimum atomic E-state index is -0.178. The van der Waals surface area contributed by atoms with Crippen molar-refractivity contribution in [3.63, 3.8) is 0 Å². The summed E-state index contributed by atoms with van der Waals surface area (Å²) in [6, 6.07) is 7.79. The maximum Gasteiger partial charge on any atom is 0.224 e. The van der Waals surface area contributed by atoms with Crippen molar-refractivity contribution in [1.82, 2.24) is 4.90 Å². The fourth-order valence-electron chi connectivity index (χ4n) is 3.86. The fourth-order valence-corrected chi connectivity index (χ4v) is 4.75. The van der Waals surface area contributed by atoms with Crippen LogP contribution in [0.5, 0.6) is 5.75 Å². The SMILES string of the molecule is Cc1ccc(NC(=O)CCC(=O)N2CCc3sccc3C2)c(OCC2CCCO2)c1. The van der Waals surface area contributed by atoms with Crippen LogP contribution in [0.25, 0.3) is 0 Å². The minimum Gasteiger partial charge on any atom is -0.489 e. The van der Waals surface area contributed by atoms with E-state index in [0.29, 0.717) is 24.6 Å².